The summed E-state index contributed by atoms with van der Waals surface area (Å²) in [5, 5.41) is 5.20. The van der Waals surface area contributed by atoms with Crippen molar-refractivity contribution in [1.29, 1.82) is 0 Å². The molecule has 2 aromatic heterocycles. The van der Waals surface area contributed by atoms with Gasteiger partial charge in [-0.05, 0) is 49.6 Å². The summed E-state index contributed by atoms with van der Waals surface area (Å²) in [5.41, 5.74) is 5.56. The van der Waals surface area contributed by atoms with Crippen LogP contribution in [0.3, 0.4) is 0 Å². The minimum Gasteiger partial charge on any atom is -0.335 e. The van der Waals surface area contributed by atoms with Gasteiger partial charge in [-0.25, -0.2) is 4.98 Å². The monoisotopic (exact) mass is 474 g/mol. The zero-order chi connectivity index (χ0) is 24.4. The first-order valence-corrected chi connectivity index (χ1v) is 11.8. The van der Waals surface area contributed by atoms with Gasteiger partial charge in [0.15, 0.2) is 0 Å². The van der Waals surface area contributed by atoms with E-state index in [2.05, 4.69) is 16.4 Å². The van der Waals surface area contributed by atoms with Crippen LogP contribution in [-0.4, -0.2) is 39.9 Å². The average Bonchev–Trinajstić information content (AvgIpc) is 3.24. The van der Waals surface area contributed by atoms with Gasteiger partial charge in [0.05, 0.1) is 18.3 Å². The van der Waals surface area contributed by atoms with Gasteiger partial charge in [-0.2, -0.15) is 0 Å². The van der Waals surface area contributed by atoms with E-state index in [0.717, 1.165) is 22.3 Å². The van der Waals surface area contributed by atoms with Crippen LogP contribution in [0, 0.1) is 20.8 Å². The van der Waals surface area contributed by atoms with Crippen molar-refractivity contribution in [2.75, 3.05) is 18.9 Å². The van der Waals surface area contributed by atoms with E-state index in [1.54, 1.807) is 7.05 Å². The van der Waals surface area contributed by atoms with Gasteiger partial charge in [0.25, 0.3) is 5.56 Å². The second-order valence-electron chi connectivity index (χ2n) is 8.47. The number of carbonyl (C=O) groups excluding carboxylic acids is 2. The van der Waals surface area contributed by atoms with Crippen LogP contribution >= 0.6 is 11.3 Å². The normalized spacial score (nSPS) is 10.9. The molecular weight excluding hydrogens is 448 g/mol. The van der Waals surface area contributed by atoms with Crippen molar-refractivity contribution in [3.63, 3.8) is 0 Å². The highest BCUT2D eigenvalue weighted by Gasteiger charge is 2.18. The van der Waals surface area contributed by atoms with Crippen LogP contribution < -0.4 is 10.9 Å². The Kier molecular flexibility index (Phi) is 6.61. The average molecular weight is 475 g/mol. The Labute approximate surface area is 201 Å². The zero-order valence-corrected chi connectivity index (χ0v) is 20.4. The van der Waals surface area contributed by atoms with E-state index < -0.39 is 0 Å². The van der Waals surface area contributed by atoms with Crippen molar-refractivity contribution >= 4 is 39.1 Å². The fraction of sp³-hybridized carbons (Fsp3) is 0.231. The lowest BCUT2D eigenvalue weighted by Gasteiger charge is -2.17. The number of benzene rings is 2. The van der Waals surface area contributed by atoms with Gasteiger partial charge in [-0.3, -0.25) is 19.0 Å². The molecule has 4 aromatic rings. The molecule has 4 rings (SSSR count). The molecule has 1 N–H and O–H groups in total. The number of carbonyl (C=O) groups is 2. The SMILES string of the molecule is Cc1ccc(NC(=O)CN(C)C(=O)Cn2cnc3scc(-c4ccc(C)c(C)c4)c3c2=O)cc1. The molecule has 0 unspecified atom stereocenters. The topological polar surface area (TPSA) is 84.3 Å². The fourth-order valence-electron chi connectivity index (χ4n) is 3.61. The molecule has 2 amide bonds. The van der Waals surface area contributed by atoms with Crippen LogP contribution in [0.4, 0.5) is 5.69 Å². The van der Waals surface area contributed by atoms with E-state index in [1.807, 2.05) is 62.5 Å². The first-order valence-electron chi connectivity index (χ1n) is 10.9. The summed E-state index contributed by atoms with van der Waals surface area (Å²) in [6, 6.07) is 13.5. The number of likely N-dealkylation sites (N-methyl/N-ethyl adjacent to an activating group) is 1. The number of fused-ring (bicyclic) bond motifs is 1. The fourth-order valence-corrected chi connectivity index (χ4v) is 4.52. The summed E-state index contributed by atoms with van der Waals surface area (Å²) in [7, 11) is 1.54. The summed E-state index contributed by atoms with van der Waals surface area (Å²) in [5.74, 6) is -0.666. The predicted molar refractivity (Wildman–Crippen MR) is 136 cm³/mol. The molecule has 0 aliphatic heterocycles. The van der Waals surface area contributed by atoms with Gasteiger partial charge >= 0.3 is 0 Å². The number of hydrogen-bond acceptors (Lipinski definition) is 5. The lowest BCUT2D eigenvalue weighted by molar-refractivity contribution is -0.133. The van der Waals surface area contributed by atoms with Crippen molar-refractivity contribution in [1.82, 2.24) is 14.5 Å². The number of nitrogens with one attached hydrogen (secondary N) is 1. The Morgan fingerprint density at radius 1 is 1.06 bits per heavy atom. The number of thiophene rings is 1. The summed E-state index contributed by atoms with van der Waals surface area (Å²) in [6.07, 6.45) is 1.39. The second kappa shape index (κ2) is 9.61. The Bertz CT molecular complexity index is 1440. The van der Waals surface area contributed by atoms with Gasteiger partial charge in [-0.15, -0.1) is 11.3 Å². The number of amides is 2. The molecule has 0 aliphatic rings. The largest absolute Gasteiger partial charge is 0.335 e. The molecule has 7 nitrogen and oxygen atoms in total. The Morgan fingerprint density at radius 3 is 2.50 bits per heavy atom. The highest BCUT2D eigenvalue weighted by atomic mass is 32.1. The highest BCUT2D eigenvalue weighted by Crippen LogP contribution is 2.31. The molecule has 0 spiro atoms. The van der Waals surface area contributed by atoms with Gasteiger partial charge in [0.1, 0.15) is 11.4 Å². The number of hydrogen-bond donors (Lipinski definition) is 1. The first-order chi connectivity index (χ1) is 16.2. The summed E-state index contributed by atoms with van der Waals surface area (Å²) < 4.78 is 1.30. The standard InChI is InChI=1S/C26H26N4O3S/c1-16-5-9-20(10-6-16)28-22(31)12-29(4)23(32)13-30-15-27-25-24(26(30)33)21(14-34-25)19-8-7-17(2)18(3)11-19/h5-11,14-15H,12-13H2,1-4H3,(H,28,31). The third-order valence-corrected chi connectivity index (χ3v) is 6.71. The third-order valence-electron chi connectivity index (χ3n) is 5.83. The molecule has 0 bridgehead atoms. The molecule has 0 radical (unpaired) electrons. The molecule has 8 heteroatoms. The van der Waals surface area contributed by atoms with Gasteiger partial charge in [-0.1, -0.05) is 35.9 Å². The van der Waals surface area contributed by atoms with Gasteiger partial charge in [0, 0.05) is 23.7 Å². The molecule has 2 heterocycles. The maximum absolute atomic E-state index is 13.3. The molecule has 2 aromatic carbocycles. The minimum absolute atomic E-state index is 0.122. The zero-order valence-electron chi connectivity index (χ0n) is 19.6. The lowest BCUT2D eigenvalue weighted by atomic mass is 10.0. The maximum Gasteiger partial charge on any atom is 0.263 e. The number of rotatable bonds is 6. The Balaban J connectivity index is 1.51. The third kappa shape index (κ3) is 4.92. The molecule has 0 aliphatic carbocycles. The molecule has 34 heavy (non-hydrogen) atoms. The first kappa shape index (κ1) is 23.4. The minimum atomic E-state index is -0.356. The van der Waals surface area contributed by atoms with Crippen LogP contribution in [0.25, 0.3) is 21.3 Å². The van der Waals surface area contributed by atoms with E-state index in [1.165, 1.54) is 32.7 Å². The van der Waals surface area contributed by atoms with E-state index in [-0.39, 0.29) is 30.5 Å². The molecule has 0 atom stereocenters. The maximum atomic E-state index is 13.3. The molecule has 0 saturated carbocycles. The van der Waals surface area contributed by atoms with Crippen molar-refractivity contribution in [3.8, 4) is 11.1 Å². The lowest BCUT2D eigenvalue weighted by Crippen LogP contribution is -2.38. The van der Waals surface area contributed by atoms with Crippen molar-refractivity contribution < 1.29 is 9.59 Å². The van der Waals surface area contributed by atoms with Crippen LogP contribution in [0.2, 0.25) is 0 Å². The Hall–Kier alpha value is -3.78. The van der Waals surface area contributed by atoms with Crippen LogP contribution in [0.1, 0.15) is 16.7 Å². The van der Waals surface area contributed by atoms with Crippen molar-refractivity contribution in [2.24, 2.45) is 0 Å². The smallest absolute Gasteiger partial charge is 0.263 e. The summed E-state index contributed by atoms with van der Waals surface area (Å²) in [6.45, 7) is 5.73. The highest BCUT2D eigenvalue weighted by molar-refractivity contribution is 7.17. The Morgan fingerprint density at radius 2 is 1.79 bits per heavy atom. The summed E-state index contributed by atoms with van der Waals surface area (Å²) in [4.78, 5) is 44.7. The van der Waals surface area contributed by atoms with E-state index in [0.29, 0.717) is 15.9 Å². The number of nitrogens with zero attached hydrogens (tertiary/aromatic N) is 3. The summed E-state index contributed by atoms with van der Waals surface area (Å²) >= 11 is 1.40. The molecule has 0 saturated heterocycles. The van der Waals surface area contributed by atoms with Crippen molar-refractivity contribution in [3.05, 3.63) is 81.2 Å². The quantitative estimate of drug-likeness (QED) is 0.455. The number of aryl methyl sites for hydroxylation is 3. The molecular formula is C26H26N4O3S. The van der Waals surface area contributed by atoms with Gasteiger partial charge < -0.3 is 10.2 Å². The van der Waals surface area contributed by atoms with Gasteiger partial charge in [0.2, 0.25) is 11.8 Å². The number of aromatic nitrogens is 2. The van der Waals surface area contributed by atoms with E-state index in [9.17, 15) is 14.4 Å². The van der Waals surface area contributed by atoms with E-state index >= 15 is 0 Å². The van der Waals surface area contributed by atoms with E-state index in [4.69, 9.17) is 0 Å². The second-order valence-corrected chi connectivity index (χ2v) is 9.33. The number of anilines is 1. The molecule has 174 valence electrons. The van der Waals surface area contributed by atoms with Crippen LogP contribution in [0.15, 0.2) is 59.0 Å². The van der Waals surface area contributed by atoms with Crippen molar-refractivity contribution in [2.45, 2.75) is 27.3 Å². The van der Waals surface area contributed by atoms with Crippen LogP contribution in [0.5, 0.6) is 0 Å². The van der Waals surface area contributed by atoms with Crippen LogP contribution in [-0.2, 0) is 16.1 Å². The predicted octanol–water partition coefficient (Wildman–Crippen LogP) is 4.15. The molecule has 0 fully saturated rings.